The third-order valence-corrected chi connectivity index (χ3v) is 8.57. The lowest BCUT2D eigenvalue weighted by Crippen LogP contribution is -2.29. The van der Waals surface area contributed by atoms with Crippen molar-refractivity contribution in [1.82, 2.24) is 0 Å². The van der Waals surface area contributed by atoms with E-state index in [4.69, 9.17) is 4.74 Å². The number of hydrogen-bond acceptors (Lipinski definition) is 6. The van der Waals surface area contributed by atoms with Gasteiger partial charge >= 0.3 is 0 Å². The normalized spacial score (nSPS) is 21.6. The number of nitrogens with one attached hydrogen (secondary N) is 2. The summed E-state index contributed by atoms with van der Waals surface area (Å²) in [4.78, 5) is 12.7. The zero-order chi connectivity index (χ0) is 26.3. The van der Waals surface area contributed by atoms with Crippen molar-refractivity contribution in [1.29, 1.82) is 0 Å². The van der Waals surface area contributed by atoms with Crippen molar-refractivity contribution in [3.05, 3.63) is 89.0 Å². The van der Waals surface area contributed by atoms with Crippen LogP contribution in [0.5, 0.6) is 0 Å². The van der Waals surface area contributed by atoms with Crippen LogP contribution in [0.1, 0.15) is 72.5 Å². The topological polar surface area (TPSA) is 105 Å². The van der Waals surface area contributed by atoms with Gasteiger partial charge in [-0.25, -0.2) is 8.42 Å². The van der Waals surface area contributed by atoms with Crippen molar-refractivity contribution in [3.63, 3.8) is 0 Å². The maximum atomic E-state index is 13.2. The van der Waals surface area contributed by atoms with Crippen LogP contribution in [0.2, 0.25) is 0 Å². The van der Waals surface area contributed by atoms with Crippen molar-refractivity contribution in [2.45, 2.75) is 50.3 Å². The molecule has 1 fully saturated rings. The second kappa shape index (κ2) is 9.93. The fourth-order valence-corrected chi connectivity index (χ4v) is 6.33. The van der Waals surface area contributed by atoms with E-state index in [1.807, 2.05) is 38.1 Å². The van der Waals surface area contributed by atoms with Gasteiger partial charge in [0.05, 0.1) is 23.1 Å². The van der Waals surface area contributed by atoms with E-state index < -0.39 is 16.1 Å². The Bertz CT molecular complexity index is 1430. The Balaban J connectivity index is 1.45. The molecule has 1 saturated heterocycles. The summed E-state index contributed by atoms with van der Waals surface area (Å²) in [7, 11) is -3.86. The van der Waals surface area contributed by atoms with Gasteiger partial charge < -0.3 is 15.2 Å². The highest BCUT2D eigenvalue weighted by atomic mass is 32.2. The number of anilines is 2. The summed E-state index contributed by atoms with van der Waals surface area (Å²) in [5, 5.41) is 13.4. The molecule has 2 heterocycles. The van der Waals surface area contributed by atoms with Crippen molar-refractivity contribution in [2.75, 3.05) is 16.6 Å². The van der Waals surface area contributed by atoms with Gasteiger partial charge in [-0.2, -0.15) is 0 Å². The Morgan fingerprint density at radius 1 is 1.05 bits per heavy atom. The van der Waals surface area contributed by atoms with E-state index in [0.717, 1.165) is 23.2 Å². The first-order valence-corrected chi connectivity index (χ1v) is 14.1. The van der Waals surface area contributed by atoms with Gasteiger partial charge in [-0.1, -0.05) is 44.2 Å². The van der Waals surface area contributed by atoms with Gasteiger partial charge in [0.2, 0.25) is 0 Å². The average Bonchev–Trinajstić information content (AvgIpc) is 3.38. The third kappa shape index (κ3) is 5.01. The first-order chi connectivity index (χ1) is 17.6. The molecule has 3 aromatic rings. The summed E-state index contributed by atoms with van der Waals surface area (Å²) >= 11 is 0. The predicted octanol–water partition coefficient (Wildman–Crippen LogP) is 5.62. The molecule has 4 unspecified atom stereocenters. The first kappa shape index (κ1) is 25.4. The summed E-state index contributed by atoms with van der Waals surface area (Å²) in [6, 6.07) is 19.5. The van der Waals surface area contributed by atoms with Gasteiger partial charge in [0.25, 0.3) is 10.0 Å². The van der Waals surface area contributed by atoms with Gasteiger partial charge in [0, 0.05) is 40.9 Å². The number of carbonyl (C=O) groups is 1. The zero-order valence-corrected chi connectivity index (χ0v) is 22.0. The van der Waals surface area contributed by atoms with Crippen LogP contribution in [0.4, 0.5) is 11.4 Å². The smallest absolute Gasteiger partial charge is 0.261 e. The summed E-state index contributed by atoms with van der Waals surface area (Å²) < 4.78 is 35.2. The standard InChI is InChI=1S/C29H32N2O5S/c1-17(2)28(33)21-8-4-7-20(14-21)27-24-12-13-36-29(24)25-16-23(10-11-26(25)30-27)37(34,35)31-22-9-5-6-19(15-22)18(3)32/h4-11,14-18,24,27,29-32H,12-13H2,1-3H3. The predicted molar refractivity (Wildman–Crippen MR) is 143 cm³/mol. The number of ketones is 1. The molecular formula is C29H32N2O5S. The SMILES string of the molecule is CC(C)C(=O)c1cccc(C2Nc3ccc(S(=O)(=O)Nc4cccc(C(C)O)c4)cc3C3OCCC23)c1. The van der Waals surface area contributed by atoms with Crippen LogP contribution < -0.4 is 10.0 Å². The van der Waals surface area contributed by atoms with Crippen LogP contribution in [0.15, 0.2) is 71.6 Å². The number of benzene rings is 3. The lowest BCUT2D eigenvalue weighted by molar-refractivity contribution is 0.0827. The largest absolute Gasteiger partial charge is 0.389 e. The van der Waals surface area contributed by atoms with Crippen LogP contribution in [0, 0.1) is 11.8 Å². The van der Waals surface area contributed by atoms with E-state index in [9.17, 15) is 18.3 Å². The van der Waals surface area contributed by atoms with Crippen molar-refractivity contribution in [3.8, 4) is 0 Å². The van der Waals surface area contributed by atoms with Crippen LogP contribution >= 0.6 is 0 Å². The molecule has 0 aliphatic carbocycles. The number of ether oxygens (including phenoxy) is 1. The van der Waals surface area contributed by atoms with Crippen molar-refractivity contribution < 1.29 is 23.1 Å². The number of sulfonamides is 1. The monoisotopic (exact) mass is 520 g/mol. The Labute approximate surface area is 217 Å². The quantitative estimate of drug-likeness (QED) is 0.349. The fraction of sp³-hybridized carbons (Fsp3) is 0.345. The van der Waals surface area contributed by atoms with Gasteiger partial charge in [-0.15, -0.1) is 0 Å². The van der Waals surface area contributed by atoms with Crippen molar-refractivity contribution in [2.24, 2.45) is 11.8 Å². The lowest BCUT2D eigenvalue weighted by Gasteiger charge is -2.37. The molecule has 0 saturated carbocycles. The van der Waals surface area contributed by atoms with Crippen LogP contribution in [-0.4, -0.2) is 25.9 Å². The van der Waals surface area contributed by atoms with E-state index >= 15 is 0 Å². The lowest BCUT2D eigenvalue weighted by atomic mass is 9.80. The number of fused-ring (bicyclic) bond motifs is 3. The molecule has 194 valence electrons. The zero-order valence-electron chi connectivity index (χ0n) is 21.1. The number of Topliss-reactive ketones (excluding diaryl/α,β-unsaturated/α-hetero) is 1. The summed E-state index contributed by atoms with van der Waals surface area (Å²) in [6.45, 7) is 6.01. The van der Waals surface area contributed by atoms with Gasteiger partial charge in [-0.05, 0) is 60.9 Å². The third-order valence-electron chi connectivity index (χ3n) is 7.19. The first-order valence-electron chi connectivity index (χ1n) is 12.6. The van der Waals surface area contributed by atoms with E-state index in [1.165, 1.54) is 0 Å². The molecular weight excluding hydrogens is 488 g/mol. The Hall–Kier alpha value is -3.20. The van der Waals surface area contributed by atoms with Crippen LogP contribution in [-0.2, 0) is 14.8 Å². The van der Waals surface area contributed by atoms with E-state index in [1.54, 1.807) is 49.4 Å². The molecule has 0 spiro atoms. The molecule has 3 N–H and O–H groups in total. The Morgan fingerprint density at radius 3 is 2.59 bits per heavy atom. The molecule has 3 aromatic carbocycles. The minimum Gasteiger partial charge on any atom is -0.389 e. The minimum absolute atomic E-state index is 0.0521. The fourth-order valence-electron chi connectivity index (χ4n) is 5.24. The molecule has 4 atom stereocenters. The minimum atomic E-state index is -3.86. The van der Waals surface area contributed by atoms with Gasteiger partial charge in [0.15, 0.2) is 5.78 Å². The molecule has 7 nitrogen and oxygen atoms in total. The highest BCUT2D eigenvalue weighted by Gasteiger charge is 2.42. The number of hydrogen-bond donors (Lipinski definition) is 3. The second-order valence-electron chi connectivity index (χ2n) is 10.2. The van der Waals surface area contributed by atoms with Crippen LogP contribution in [0.25, 0.3) is 0 Å². The maximum absolute atomic E-state index is 13.2. The number of aliphatic hydroxyl groups excluding tert-OH is 1. The molecule has 2 aliphatic heterocycles. The Kier molecular flexibility index (Phi) is 6.83. The molecule has 0 radical (unpaired) electrons. The summed E-state index contributed by atoms with van der Waals surface area (Å²) in [5.41, 5.74) is 4.37. The molecule has 0 aromatic heterocycles. The van der Waals surface area contributed by atoms with Gasteiger partial charge in [-0.3, -0.25) is 9.52 Å². The molecule has 5 rings (SSSR count). The molecule has 2 aliphatic rings. The summed E-state index contributed by atoms with van der Waals surface area (Å²) in [6.07, 6.45) is -0.127. The molecule has 0 bridgehead atoms. The number of rotatable bonds is 7. The van der Waals surface area contributed by atoms with E-state index in [0.29, 0.717) is 23.4 Å². The highest BCUT2D eigenvalue weighted by Crippen LogP contribution is 2.50. The van der Waals surface area contributed by atoms with E-state index in [2.05, 4.69) is 10.0 Å². The second-order valence-corrected chi connectivity index (χ2v) is 11.8. The van der Waals surface area contributed by atoms with Gasteiger partial charge in [0.1, 0.15) is 0 Å². The highest BCUT2D eigenvalue weighted by molar-refractivity contribution is 7.92. The van der Waals surface area contributed by atoms with E-state index in [-0.39, 0.29) is 34.7 Å². The molecule has 8 heteroatoms. The van der Waals surface area contributed by atoms with Crippen LogP contribution in [0.3, 0.4) is 0 Å². The summed E-state index contributed by atoms with van der Waals surface area (Å²) in [5.74, 6) is 0.130. The molecule has 0 amide bonds. The molecule has 37 heavy (non-hydrogen) atoms. The van der Waals surface area contributed by atoms with Crippen molar-refractivity contribution >= 4 is 27.2 Å². The average molecular weight is 521 g/mol. The number of aliphatic hydroxyl groups is 1. The number of carbonyl (C=O) groups excluding carboxylic acids is 1. The maximum Gasteiger partial charge on any atom is 0.261 e. The Morgan fingerprint density at radius 2 is 1.84 bits per heavy atom.